The van der Waals surface area contributed by atoms with Crippen molar-refractivity contribution < 1.29 is 9.59 Å². The molecule has 6 heteroatoms. The van der Waals surface area contributed by atoms with Crippen molar-refractivity contribution >= 4 is 44.7 Å². The Morgan fingerprint density at radius 2 is 2.12 bits per heavy atom. The molecule has 3 aromatic rings. The summed E-state index contributed by atoms with van der Waals surface area (Å²) in [5, 5.41) is 2.93. The maximum Gasteiger partial charge on any atom is 0.255 e. The summed E-state index contributed by atoms with van der Waals surface area (Å²) in [5.74, 6) is 0.0115. The van der Waals surface area contributed by atoms with Gasteiger partial charge in [0.1, 0.15) is 0 Å². The standard InChI is InChI=1S/C19H17N3O2S/c1-12-9-14(5-7-16(12)22-8-2-3-18(22)23)21-19(24)13-4-6-15-17(10-13)25-11-20-15/h4-7,9-11H,2-3,8H2,1H3,(H,21,24). The van der Waals surface area contributed by atoms with E-state index in [1.807, 2.05) is 42.2 Å². The second-order valence-electron chi connectivity index (χ2n) is 6.14. The van der Waals surface area contributed by atoms with Crippen LogP contribution in [0, 0.1) is 6.92 Å². The van der Waals surface area contributed by atoms with Crippen LogP contribution in [0.2, 0.25) is 0 Å². The number of aryl methyl sites for hydroxylation is 1. The van der Waals surface area contributed by atoms with Gasteiger partial charge in [-0.3, -0.25) is 9.59 Å². The van der Waals surface area contributed by atoms with Crippen molar-refractivity contribution in [2.75, 3.05) is 16.8 Å². The van der Waals surface area contributed by atoms with Crippen LogP contribution in [0.5, 0.6) is 0 Å². The van der Waals surface area contributed by atoms with Gasteiger partial charge < -0.3 is 10.2 Å². The molecule has 0 radical (unpaired) electrons. The van der Waals surface area contributed by atoms with Crippen molar-refractivity contribution in [1.82, 2.24) is 4.98 Å². The molecule has 2 amide bonds. The second kappa shape index (κ2) is 6.29. The number of thiazole rings is 1. The number of nitrogens with one attached hydrogen (secondary N) is 1. The molecule has 1 fully saturated rings. The summed E-state index contributed by atoms with van der Waals surface area (Å²) in [5.41, 5.74) is 5.90. The van der Waals surface area contributed by atoms with E-state index in [0.717, 1.165) is 40.1 Å². The Kier molecular flexibility index (Phi) is 3.97. The van der Waals surface area contributed by atoms with Crippen LogP contribution in [0.1, 0.15) is 28.8 Å². The third kappa shape index (κ3) is 3.00. The van der Waals surface area contributed by atoms with Crippen LogP contribution >= 0.6 is 11.3 Å². The molecule has 25 heavy (non-hydrogen) atoms. The summed E-state index contributed by atoms with van der Waals surface area (Å²) in [6.07, 6.45) is 1.51. The molecule has 0 saturated carbocycles. The highest BCUT2D eigenvalue weighted by Crippen LogP contribution is 2.28. The number of nitrogens with zero attached hydrogens (tertiary/aromatic N) is 2. The summed E-state index contributed by atoms with van der Waals surface area (Å²) >= 11 is 1.52. The van der Waals surface area contributed by atoms with Crippen LogP contribution in [0.15, 0.2) is 41.9 Å². The van der Waals surface area contributed by atoms with E-state index >= 15 is 0 Å². The number of carbonyl (C=O) groups excluding carboxylic acids is 2. The van der Waals surface area contributed by atoms with Crippen molar-refractivity contribution in [3.63, 3.8) is 0 Å². The van der Waals surface area contributed by atoms with Gasteiger partial charge in [0.15, 0.2) is 0 Å². The molecule has 2 aromatic carbocycles. The lowest BCUT2D eigenvalue weighted by atomic mass is 10.1. The number of hydrogen-bond donors (Lipinski definition) is 1. The van der Waals surface area contributed by atoms with Crippen LogP contribution in [0.3, 0.4) is 0 Å². The van der Waals surface area contributed by atoms with Crippen LogP contribution in [0.25, 0.3) is 10.2 Å². The van der Waals surface area contributed by atoms with E-state index in [-0.39, 0.29) is 11.8 Å². The average molecular weight is 351 g/mol. The van der Waals surface area contributed by atoms with Crippen molar-refractivity contribution in [1.29, 1.82) is 0 Å². The zero-order chi connectivity index (χ0) is 17.4. The zero-order valence-electron chi connectivity index (χ0n) is 13.8. The third-order valence-corrected chi connectivity index (χ3v) is 5.20. The first-order valence-electron chi connectivity index (χ1n) is 8.17. The second-order valence-corrected chi connectivity index (χ2v) is 7.03. The summed E-state index contributed by atoms with van der Waals surface area (Å²) in [7, 11) is 0. The summed E-state index contributed by atoms with van der Waals surface area (Å²) in [4.78, 5) is 30.4. The zero-order valence-corrected chi connectivity index (χ0v) is 14.6. The highest BCUT2D eigenvalue weighted by Gasteiger charge is 2.23. The largest absolute Gasteiger partial charge is 0.322 e. The van der Waals surface area contributed by atoms with Gasteiger partial charge in [-0.2, -0.15) is 0 Å². The Bertz CT molecular complexity index is 980. The Labute approximate surface area is 149 Å². The van der Waals surface area contributed by atoms with E-state index in [1.54, 1.807) is 11.6 Å². The fourth-order valence-electron chi connectivity index (χ4n) is 3.14. The normalized spacial score (nSPS) is 14.3. The number of aromatic nitrogens is 1. The molecule has 1 N–H and O–H groups in total. The fraction of sp³-hybridized carbons (Fsp3) is 0.211. The monoisotopic (exact) mass is 351 g/mol. The lowest BCUT2D eigenvalue weighted by molar-refractivity contribution is -0.117. The molecule has 0 unspecified atom stereocenters. The maximum absolute atomic E-state index is 12.5. The quantitative estimate of drug-likeness (QED) is 0.776. The van der Waals surface area contributed by atoms with Crippen LogP contribution in [-0.2, 0) is 4.79 Å². The van der Waals surface area contributed by atoms with Gasteiger partial charge >= 0.3 is 0 Å². The van der Waals surface area contributed by atoms with Gasteiger partial charge in [0, 0.05) is 29.9 Å². The molecular weight excluding hydrogens is 334 g/mol. The number of fused-ring (bicyclic) bond motifs is 1. The molecule has 0 bridgehead atoms. The molecule has 0 spiro atoms. The van der Waals surface area contributed by atoms with E-state index in [0.29, 0.717) is 12.0 Å². The molecule has 0 aliphatic carbocycles. The first kappa shape index (κ1) is 15.8. The first-order chi connectivity index (χ1) is 12.1. The molecule has 1 aliphatic rings. The summed E-state index contributed by atoms with van der Waals surface area (Å²) < 4.78 is 0.992. The number of hydrogen-bond acceptors (Lipinski definition) is 4. The van der Waals surface area contributed by atoms with Gasteiger partial charge in [-0.1, -0.05) is 0 Å². The molecule has 1 aromatic heterocycles. The van der Waals surface area contributed by atoms with Gasteiger partial charge in [-0.25, -0.2) is 4.98 Å². The SMILES string of the molecule is Cc1cc(NC(=O)c2ccc3ncsc3c2)ccc1N1CCCC1=O. The van der Waals surface area contributed by atoms with Gasteiger partial charge in [0.25, 0.3) is 5.91 Å². The number of carbonyl (C=O) groups is 2. The van der Waals surface area contributed by atoms with Crippen LogP contribution < -0.4 is 10.2 Å². The van der Waals surface area contributed by atoms with E-state index in [9.17, 15) is 9.59 Å². The number of amides is 2. The van der Waals surface area contributed by atoms with E-state index in [4.69, 9.17) is 0 Å². The van der Waals surface area contributed by atoms with Crippen molar-refractivity contribution in [2.24, 2.45) is 0 Å². The highest BCUT2D eigenvalue weighted by molar-refractivity contribution is 7.16. The van der Waals surface area contributed by atoms with Gasteiger partial charge in [0.05, 0.1) is 15.7 Å². The Hall–Kier alpha value is -2.73. The third-order valence-electron chi connectivity index (χ3n) is 4.41. The number of anilines is 2. The van der Waals surface area contributed by atoms with Crippen LogP contribution in [0.4, 0.5) is 11.4 Å². The van der Waals surface area contributed by atoms with Gasteiger partial charge in [0.2, 0.25) is 5.91 Å². The highest BCUT2D eigenvalue weighted by atomic mass is 32.1. The Morgan fingerprint density at radius 3 is 2.88 bits per heavy atom. The predicted octanol–water partition coefficient (Wildman–Crippen LogP) is 3.98. The maximum atomic E-state index is 12.5. The lowest BCUT2D eigenvalue weighted by Crippen LogP contribution is -2.24. The minimum Gasteiger partial charge on any atom is -0.322 e. The molecule has 5 nitrogen and oxygen atoms in total. The topological polar surface area (TPSA) is 62.3 Å². The van der Waals surface area contributed by atoms with Crippen molar-refractivity contribution in [3.05, 3.63) is 53.0 Å². The molecule has 4 rings (SSSR count). The number of benzene rings is 2. The predicted molar refractivity (Wildman–Crippen MR) is 100 cm³/mol. The van der Waals surface area contributed by atoms with Gasteiger partial charge in [-0.05, 0) is 55.3 Å². The fourth-order valence-corrected chi connectivity index (χ4v) is 3.85. The first-order valence-corrected chi connectivity index (χ1v) is 9.05. The molecule has 0 atom stereocenters. The average Bonchev–Trinajstić information content (AvgIpc) is 3.23. The molecular formula is C19H17N3O2S. The number of rotatable bonds is 3. The van der Waals surface area contributed by atoms with Crippen LogP contribution in [-0.4, -0.2) is 23.3 Å². The van der Waals surface area contributed by atoms with Crippen molar-refractivity contribution in [2.45, 2.75) is 19.8 Å². The molecule has 1 aliphatic heterocycles. The smallest absolute Gasteiger partial charge is 0.255 e. The summed E-state index contributed by atoms with van der Waals surface area (Å²) in [6, 6.07) is 11.1. The van der Waals surface area contributed by atoms with E-state index in [2.05, 4.69) is 10.3 Å². The van der Waals surface area contributed by atoms with Crippen molar-refractivity contribution in [3.8, 4) is 0 Å². The molecule has 2 heterocycles. The van der Waals surface area contributed by atoms with E-state index in [1.165, 1.54) is 11.3 Å². The minimum atomic E-state index is -0.153. The minimum absolute atomic E-state index is 0.153. The summed E-state index contributed by atoms with van der Waals surface area (Å²) in [6.45, 7) is 2.72. The molecule has 1 saturated heterocycles. The lowest BCUT2D eigenvalue weighted by Gasteiger charge is -2.19. The Balaban J connectivity index is 1.54. The Morgan fingerprint density at radius 1 is 1.24 bits per heavy atom. The molecule has 126 valence electrons. The van der Waals surface area contributed by atoms with Gasteiger partial charge in [-0.15, -0.1) is 11.3 Å². The van der Waals surface area contributed by atoms with E-state index < -0.39 is 0 Å².